The number of rotatable bonds is 3. The summed E-state index contributed by atoms with van der Waals surface area (Å²) in [5, 5.41) is 2.31. The third-order valence-electron chi connectivity index (χ3n) is 3.39. The molecular formula is C13H21N3O. The zero-order chi connectivity index (χ0) is 12.1. The molecule has 0 amide bonds. The van der Waals surface area contributed by atoms with Crippen LogP contribution < -0.4 is 10.2 Å². The first-order valence-corrected chi connectivity index (χ1v) is 6.28. The summed E-state index contributed by atoms with van der Waals surface area (Å²) < 4.78 is 5.24. The largest absolute Gasteiger partial charge is 0.495 e. The number of hydrogen-bond acceptors (Lipinski definition) is 4. The van der Waals surface area contributed by atoms with Gasteiger partial charge in [-0.05, 0) is 31.5 Å². The third-order valence-corrected chi connectivity index (χ3v) is 3.39. The SMILES string of the molecule is CNN1CCCCCC1c1cncc(OC)c1. The summed E-state index contributed by atoms with van der Waals surface area (Å²) >= 11 is 0. The quantitative estimate of drug-likeness (QED) is 0.871. The normalized spacial score (nSPS) is 22.1. The van der Waals surface area contributed by atoms with Crippen molar-refractivity contribution in [2.45, 2.75) is 31.7 Å². The summed E-state index contributed by atoms with van der Waals surface area (Å²) in [5.41, 5.74) is 4.53. The molecule has 0 aromatic carbocycles. The molecular weight excluding hydrogens is 214 g/mol. The topological polar surface area (TPSA) is 37.4 Å². The van der Waals surface area contributed by atoms with E-state index in [1.165, 1.54) is 31.2 Å². The lowest BCUT2D eigenvalue weighted by Gasteiger charge is -2.29. The van der Waals surface area contributed by atoms with E-state index in [4.69, 9.17) is 4.74 Å². The Morgan fingerprint density at radius 1 is 1.35 bits per heavy atom. The molecule has 1 aromatic rings. The number of aromatic nitrogens is 1. The molecule has 0 saturated carbocycles. The van der Waals surface area contributed by atoms with Gasteiger partial charge in [0.25, 0.3) is 0 Å². The van der Waals surface area contributed by atoms with E-state index in [2.05, 4.69) is 21.5 Å². The minimum Gasteiger partial charge on any atom is -0.495 e. The summed E-state index contributed by atoms with van der Waals surface area (Å²) in [5.74, 6) is 0.836. The highest BCUT2D eigenvalue weighted by Gasteiger charge is 2.22. The van der Waals surface area contributed by atoms with Crippen molar-refractivity contribution in [1.29, 1.82) is 0 Å². The van der Waals surface area contributed by atoms with Crippen molar-refractivity contribution in [3.63, 3.8) is 0 Å². The number of nitrogens with zero attached hydrogens (tertiary/aromatic N) is 2. The van der Waals surface area contributed by atoms with Crippen LogP contribution in [-0.2, 0) is 0 Å². The highest BCUT2D eigenvalue weighted by atomic mass is 16.5. The minimum absolute atomic E-state index is 0.407. The van der Waals surface area contributed by atoms with Crippen LogP contribution in [0.3, 0.4) is 0 Å². The van der Waals surface area contributed by atoms with E-state index in [1.54, 1.807) is 13.3 Å². The molecule has 4 nitrogen and oxygen atoms in total. The first-order chi connectivity index (χ1) is 8.35. The molecule has 2 heterocycles. The molecule has 1 fully saturated rings. The number of pyridine rings is 1. The van der Waals surface area contributed by atoms with Crippen molar-refractivity contribution in [1.82, 2.24) is 15.4 Å². The molecule has 1 atom stereocenters. The second kappa shape index (κ2) is 5.98. The Kier molecular flexibility index (Phi) is 4.34. The maximum absolute atomic E-state index is 5.24. The standard InChI is InChI=1S/C13H21N3O/c1-14-16-7-5-3-4-6-13(16)11-8-12(17-2)10-15-9-11/h8-10,13-14H,3-7H2,1-2H3. The van der Waals surface area contributed by atoms with Crippen LogP contribution in [0.1, 0.15) is 37.3 Å². The van der Waals surface area contributed by atoms with Gasteiger partial charge in [0.15, 0.2) is 0 Å². The molecule has 94 valence electrons. The Bertz CT molecular complexity index is 356. The van der Waals surface area contributed by atoms with E-state index in [1.807, 2.05) is 13.2 Å². The van der Waals surface area contributed by atoms with Crippen molar-refractivity contribution in [2.75, 3.05) is 20.7 Å². The second-order valence-corrected chi connectivity index (χ2v) is 4.44. The van der Waals surface area contributed by atoms with E-state index in [-0.39, 0.29) is 0 Å². The van der Waals surface area contributed by atoms with Crippen molar-refractivity contribution in [3.8, 4) is 5.75 Å². The maximum atomic E-state index is 5.24. The van der Waals surface area contributed by atoms with Crippen LogP contribution in [0.2, 0.25) is 0 Å². The molecule has 0 aliphatic carbocycles. The van der Waals surface area contributed by atoms with Crippen molar-refractivity contribution < 1.29 is 4.74 Å². The average molecular weight is 235 g/mol. The van der Waals surface area contributed by atoms with E-state index in [9.17, 15) is 0 Å². The lowest BCUT2D eigenvalue weighted by molar-refractivity contribution is 0.142. The molecule has 1 unspecified atom stereocenters. The number of hydrogen-bond donors (Lipinski definition) is 1. The van der Waals surface area contributed by atoms with Crippen LogP contribution >= 0.6 is 0 Å². The highest BCUT2D eigenvalue weighted by Crippen LogP contribution is 2.29. The van der Waals surface area contributed by atoms with Crippen LogP contribution in [0.5, 0.6) is 5.75 Å². The zero-order valence-corrected chi connectivity index (χ0v) is 10.6. The van der Waals surface area contributed by atoms with Crippen LogP contribution in [-0.4, -0.2) is 30.7 Å². The molecule has 1 saturated heterocycles. The highest BCUT2D eigenvalue weighted by molar-refractivity contribution is 5.26. The van der Waals surface area contributed by atoms with Crippen LogP contribution in [0, 0.1) is 0 Å². The molecule has 0 radical (unpaired) electrons. The smallest absolute Gasteiger partial charge is 0.137 e. The molecule has 1 aliphatic rings. The van der Waals surface area contributed by atoms with E-state index >= 15 is 0 Å². The van der Waals surface area contributed by atoms with Crippen molar-refractivity contribution in [3.05, 3.63) is 24.0 Å². The van der Waals surface area contributed by atoms with Gasteiger partial charge in [0.1, 0.15) is 5.75 Å². The molecule has 17 heavy (non-hydrogen) atoms. The first kappa shape index (κ1) is 12.3. The van der Waals surface area contributed by atoms with Crippen LogP contribution in [0.25, 0.3) is 0 Å². The Balaban J connectivity index is 2.21. The van der Waals surface area contributed by atoms with Gasteiger partial charge in [-0.3, -0.25) is 10.4 Å². The molecule has 2 rings (SSSR count). The van der Waals surface area contributed by atoms with Gasteiger partial charge < -0.3 is 4.74 Å². The Hall–Kier alpha value is -1.13. The van der Waals surface area contributed by atoms with Gasteiger partial charge in [0.2, 0.25) is 0 Å². The predicted molar refractivity (Wildman–Crippen MR) is 67.8 cm³/mol. The van der Waals surface area contributed by atoms with Gasteiger partial charge in [-0.15, -0.1) is 0 Å². The summed E-state index contributed by atoms with van der Waals surface area (Å²) in [6.07, 6.45) is 8.73. The number of nitrogens with one attached hydrogen (secondary N) is 1. The summed E-state index contributed by atoms with van der Waals surface area (Å²) in [4.78, 5) is 4.25. The van der Waals surface area contributed by atoms with Crippen LogP contribution in [0.15, 0.2) is 18.5 Å². The minimum atomic E-state index is 0.407. The average Bonchev–Trinajstić information content (AvgIpc) is 2.63. The fourth-order valence-electron chi connectivity index (χ4n) is 2.45. The van der Waals surface area contributed by atoms with Gasteiger partial charge >= 0.3 is 0 Å². The van der Waals surface area contributed by atoms with Crippen molar-refractivity contribution >= 4 is 0 Å². The van der Waals surface area contributed by atoms with E-state index in [0.717, 1.165) is 12.3 Å². The van der Waals surface area contributed by atoms with Gasteiger partial charge in [-0.25, -0.2) is 5.01 Å². The van der Waals surface area contributed by atoms with Crippen molar-refractivity contribution in [2.24, 2.45) is 0 Å². The molecule has 1 N–H and O–H groups in total. The maximum Gasteiger partial charge on any atom is 0.137 e. The molecule has 1 aliphatic heterocycles. The zero-order valence-electron chi connectivity index (χ0n) is 10.6. The summed E-state index contributed by atoms with van der Waals surface area (Å²) in [6.45, 7) is 1.10. The number of hydrazine groups is 1. The Morgan fingerprint density at radius 2 is 2.24 bits per heavy atom. The molecule has 0 spiro atoms. The van der Waals surface area contributed by atoms with Gasteiger partial charge in [-0.2, -0.15) is 0 Å². The van der Waals surface area contributed by atoms with Crippen LogP contribution in [0.4, 0.5) is 0 Å². The van der Waals surface area contributed by atoms with E-state index < -0.39 is 0 Å². The molecule has 0 bridgehead atoms. The molecule has 1 aromatic heterocycles. The lowest BCUT2D eigenvalue weighted by Crippen LogP contribution is -2.38. The fraction of sp³-hybridized carbons (Fsp3) is 0.615. The third kappa shape index (κ3) is 2.96. The predicted octanol–water partition coefficient (Wildman–Crippen LogP) is 2.14. The monoisotopic (exact) mass is 235 g/mol. The Morgan fingerprint density at radius 3 is 3.00 bits per heavy atom. The van der Waals surface area contributed by atoms with Gasteiger partial charge in [0.05, 0.1) is 19.3 Å². The first-order valence-electron chi connectivity index (χ1n) is 6.28. The summed E-state index contributed by atoms with van der Waals surface area (Å²) in [7, 11) is 3.68. The van der Waals surface area contributed by atoms with Gasteiger partial charge in [0, 0.05) is 12.7 Å². The second-order valence-electron chi connectivity index (χ2n) is 4.44. The number of ether oxygens (including phenoxy) is 1. The van der Waals surface area contributed by atoms with E-state index in [0.29, 0.717) is 6.04 Å². The van der Waals surface area contributed by atoms with Gasteiger partial charge in [-0.1, -0.05) is 12.8 Å². The molecule has 4 heteroatoms. The lowest BCUT2D eigenvalue weighted by atomic mass is 10.0. The Labute approximate surface area is 103 Å². The summed E-state index contributed by atoms with van der Waals surface area (Å²) in [6, 6.07) is 2.50. The fourth-order valence-corrected chi connectivity index (χ4v) is 2.45. The number of methoxy groups -OCH3 is 1.